The lowest BCUT2D eigenvalue weighted by Gasteiger charge is -2.20. The molecule has 2 fully saturated rings. The van der Waals surface area contributed by atoms with Crippen molar-refractivity contribution < 1.29 is 9.59 Å². The number of aromatic nitrogens is 2. The summed E-state index contributed by atoms with van der Waals surface area (Å²) in [6.45, 7) is 1.98. The maximum absolute atomic E-state index is 12.9. The summed E-state index contributed by atoms with van der Waals surface area (Å²) in [4.78, 5) is 27.2. The van der Waals surface area contributed by atoms with E-state index in [-0.39, 0.29) is 11.8 Å². The Hall–Kier alpha value is -2.05. The number of nitrogens with zero attached hydrogens (tertiary/aromatic N) is 3. The van der Waals surface area contributed by atoms with Crippen LogP contribution in [0.1, 0.15) is 66.9 Å². The van der Waals surface area contributed by atoms with Crippen molar-refractivity contribution in [1.29, 1.82) is 0 Å². The van der Waals surface area contributed by atoms with Gasteiger partial charge in [0.25, 0.3) is 5.91 Å². The minimum Gasteiger partial charge on any atom is -0.351 e. The zero-order valence-electron chi connectivity index (χ0n) is 16.9. The van der Waals surface area contributed by atoms with E-state index in [0.717, 1.165) is 44.5 Å². The fourth-order valence-electron chi connectivity index (χ4n) is 3.98. The predicted molar refractivity (Wildman–Crippen MR) is 118 cm³/mol. The Balaban J connectivity index is 1.43. The van der Waals surface area contributed by atoms with Gasteiger partial charge < -0.3 is 10.2 Å². The Bertz CT molecular complexity index is 931. The number of benzene rings is 1. The number of halogens is 2. The van der Waals surface area contributed by atoms with Crippen LogP contribution in [-0.4, -0.2) is 46.1 Å². The highest BCUT2D eigenvalue weighted by atomic mass is 35.5. The van der Waals surface area contributed by atoms with Gasteiger partial charge >= 0.3 is 0 Å². The highest BCUT2D eigenvalue weighted by molar-refractivity contribution is 6.35. The van der Waals surface area contributed by atoms with Crippen molar-refractivity contribution >= 4 is 35.0 Å². The van der Waals surface area contributed by atoms with E-state index in [4.69, 9.17) is 23.2 Å². The largest absolute Gasteiger partial charge is 0.351 e. The lowest BCUT2D eigenvalue weighted by Crippen LogP contribution is -2.35. The summed E-state index contributed by atoms with van der Waals surface area (Å²) >= 11 is 12.4. The summed E-state index contributed by atoms with van der Waals surface area (Å²) < 4.78 is 1.74. The van der Waals surface area contributed by atoms with Crippen LogP contribution in [0.4, 0.5) is 0 Å². The summed E-state index contributed by atoms with van der Waals surface area (Å²) in [6, 6.07) is 5.24. The van der Waals surface area contributed by atoms with Crippen LogP contribution in [0.3, 0.4) is 0 Å². The molecule has 2 amide bonds. The monoisotopic (exact) mass is 448 g/mol. The first-order chi connectivity index (χ1) is 14.5. The van der Waals surface area contributed by atoms with E-state index in [1.54, 1.807) is 23.0 Å². The minimum atomic E-state index is -0.197. The molecule has 0 spiro atoms. The smallest absolute Gasteiger partial charge is 0.254 e. The molecule has 4 rings (SSSR count). The molecule has 0 radical (unpaired) electrons. The van der Waals surface area contributed by atoms with Gasteiger partial charge in [0.2, 0.25) is 5.91 Å². The first-order valence-corrected chi connectivity index (χ1v) is 11.4. The maximum Gasteiger partial charge on any atom is 0.254 e. The van der Waals surface area contributed by atoms with Crippen LogP contribution >= 0.6 is 23.2 Å². The number of amides is 2. The van der Waals surface area contributed by atoms with Crippen molar-refractivity contribution in [2.24, 2.45) is 0 Å². The third-order valence-electron chi connectivity index (χ3n) is 5.74. The molecule has 6 nitrogen and oxygen atoms in total. The van der Waals surface area contributed by atoms with Gasteiger partial charge in [-0.15, -0.1) is 0 Å². The van der Waals surface area contributed by atoms with Gasteiger partial charge in [-0.1, -0.05) is 36.0 Å². The molecule has 30 heavy (non-hydrogen) atoms. The Morgan fingerprint density at radius 1 is 1.10 bits per heavy atom. The van der Waals surface area contributed by atoms with Crippen LogP contribution in [-0.2, 0) is 4.79 Å². The highest BCUT2D eigenvalue weighted by Gasteiger charge is 2.33. The van der Waals surface area contributed by atoms with Crippen molar-refractivity contribution in [2.75, 3.05) is 19.6 Å². The second-order valence-electron chi connectivity index (χ2n) is 8.03. The molecule has 0 bridgehead atoms. The van der Waals surface area contributed by atoms with Gasteiger partial charge in [0.15, 0.2) is 0 Å². The molecule has 0 unspecified atom stereocenters. The number of rotatable bonds is 6. The van der Waals surface area contributed by atoms with E-state index in [9.17, 15) is 9.59 Å². The number of likely N-dealkylation sites (tertiary alicyclic amines) is 1. The molecule has 1 aromatic carbocycles. The second kappa shape index (κ2) is 9.40. The molecule has 1 N–H and O–H groups in total. The fourth-order valence-corrected chi connectivity index (χ4v) is 4.47. The van der Waals surface area contributed by atoms with E-state index in [2.05, 4.69) is 10.4 Å². The van der Waals surface area contributed by atoms with Crippen molar-refractivity contribution in [1.82, 2.24) is 20.0 Å². The standard InChI is InChI=1S/C22H26Cl2N4O2/c23-16-7-8-19(18(24)13-16)28-21(15-5-6-15)17(14-26-28)22(30)25-10-9-20(29)27-11-3-1-2-4-12-27/h7-8,13-15H,1-6,9-12H2,(H,25,30). The van der Waals surface area contributed by atoms with E-state index in [0.29, 0.717) is 40.2 Å². The number of hydrogen-bond acceptors (Lipinski definition) is 3. The molecular weight excluding hydrogens is 423 g/mol. The fraction of sp³-hybridized carbons (Fsp3) is 0.500. The number of carbonyl (C=O) groups excluding carboxylic acids is 2. The third-order valence-corrected chi connectivity index (χ3v) is 6.27. The van der Waals surface area contributed by atoms with Gasteiger partial charge in [0.05, 0.1) is 28.2 Å². The zero-order chi connectivity index (χ0) is 21.1. The van der Waals surface area contributed by atoms with Crippen molar-refractivity contribution in [2.45, 2.75) is 50.9 Å². The molecule has 2 aromatic rings. The molecular formula is C22H26Cl2N4O2. The van der Waals surface area contributed by atoms with Gasteiger partial charge in [-0.05, 0) is 43.9 Å². The molecule has 2 heterocycles. The molecule has 1 aliphatic heterocycles. The van der Waals surface area contributed by atoms with Crippen molar-refractivity contribution in [3.8, 4) is 5.69 Å². The second-order valence-corrected chi connectivity index (χ2v) is 8.87. The molecule has 0 atom stereocenters. The number of hydrogen-bond donors (Lipinski definition) is 1. The topological polar surface area (TPSA) is 67.2 Å². The zero-order valence-corrected chi connectivity index (χ0v) is 18.4. The van der Waals surface area contributed by atoms with Crippen molar-refractivity contribution in [3.63, 3.8) is 0 Å². The molecule has 2 aliphatic rings. The predicted octanol–water partition coefficient (Wildman–Crippen LogP) is 4.58. The SMILES string of the molecule is O=C(NCCC(=O)N1CCCCCC1)c1cnn(-c2ccc(Cl)cc2Cl)c1C1CC1. The quantitative estimate of drug-likeness (QED) is 0.702. The van der Waals surface area contributed by atoms with Crippen LogP contribution in [0.25, 0.3) is 5.69 Å². The maximum atomic E-state index is 12.9. The summed E-state index contributed by atoms with van der Waals surface area (Å²) in [5.41, 5.74) is 2.12. The lowest BCUT2D eigenvalue weighted by molar-refractivity contribution is -0.131. The first kappa shape index (κ1) is 21.2. The van der Waals surface area contributed by atoms with Gasteiger partial charge in [0, 0.05) is 37.0 Å². The van der Waals surface area contributed by atoms with Crippen LogP contribution in [0.15, 0.2) is 24.4 Å². The summed E-state index contributed by atoms with van der Waals surface area (Å²) in [6.07, 6.45) is 8.45. The van der Waals surface area contributed by atoms with Crippen molar-refractivity contribution in [3.05, 3.63) is 45.7 Å². The molecule has 160 valence electrons. The van der Waals surface area contributed by atoms with Gasteiger partial charge in [-0.25, -0.2) is 4.68 Å². The van der Waals surface area contributed by atoms with E-state index in [1.807, 2.05) is 11.0 Å². The molecule has 1 saturated heterocycles. The van der Waals surface area contributed by atoms with Crippen LogP contribution in [0, 0.1) is 0 Å². The lowest BCUT2D eigenvalue weighted by atomic mass is 10.1. The van der Waals surface area contributed by atoms with Gasteiger partial charge in [-0.3, -0.25) is 9.59 Å². The van der Waals surface area contributed by atoms with Crippen LogP contribution in [0.5, 0.6) is 0 Å². The van der Waals surface area contributed by atoms with Crippen LogP contribution < -0.4 is 5.32 Å². The molecule has 1 aliphatic carbocycles. The van der Waals surface area contributed by atoms with E-state index < -0.39 is 0 Å². The van der Waals surface area contributed by atoms with E-state index in [1.165, 1.54) is 12.8 Å². The number of nitrogens with one attached hydrogen (secondary N) is 1. The van der Waals surface area contributed by atoms with Gasteiger partial charge in [-0.2, -0.15) is 5.10 Å². The van der Waals surface area contributed by atoms with E-state index >= 15 is 0 Å². The average molecular weight is 449 g/mol. The molecule has 1 aromatic heterocycles. The Morgan fingerprint density at radius 3 is 2.50 bits per heavy atom. The number of carbonyl (C=O) groups is 2. The average Bonchev–Trinajstić information content (AvgIpc) is 3.51. The normalized spacial score (nSPS) is 16.9. The molecule has 8 heteroatoms. The van der Waals surface area contributed by atoms with Gasteiger partial charge in [0.1, 0.15) is 0 Å². The Labute approximate surface area is 186 Å². The first-order valence-electron chi connectivity index (χ1n) is 10.6. The Kier molecular flexibility index (Phi) is 6.64. The minimum absolute atomic E-state index is 0.114. The molecule has 1 saturated carbocycles. The summed E-state index contributed by atoms with van der Waals surface area (Å²) in [5, 5.41) is 8.38. The summed E-state index contributed by atoms with van der Waals surface area (Å²) in [5.74, 6) is 0.207. The third kappa shape index (κ3) is 4.81. The highest BCUT2D eigenvalue weighted by Crippen LogP contribution is 2.43. The van der Waals surface area contributed by atoms with Crippen LogP contribution in [0.2, 0.25) is 10.0 Å². The summed E-state index contributed by atoms with van der Waals surface area (Å²) in [7, 11) is 0. The Morgan fingerprint density at radius 2 is 1.83 bits per heavy atom.